The molecule has 3 aromatic rings. The van der Waals surface area contributed by atoms with E-state index in [0.717, 1.165) is 44.9 Å². The molecule has 27 heavy (non-hydrogen) atoms. The maximum Gasteiger partial charge on any atom is 0.416 e. The Hall–Kier alpha value is -1.79. The number of nitrogens with zero attached hydrogens (tertiary/aromatic N) is 1. The summed E-state index contributed by atoms with van der Waals surface area (Å²) in [7, 11) is 0. The van der Waals surface area contributed by atoms with Gasteiger partial charge in [-0.3, -0.25) is 0 Å². The maximum atomic E-state index is 12.7. The summed E-state index contributed by atoms with van der Waals surface area (Å²) in [6, 6.07) is 14.0. The molecular weight excluding hydrogens is 387 g/mol. The molecule has 0 saturated heterocycles. The van der Waals surface area contributed by atoms with Gasteiger partial charge in [-0.05, 0) is 55.5 Å². The minimum atomic E-state index is -4.31. The molecule has 1 aliphatic rings. The monoisotopic (exact) mass is 405 g/mol. The van der Waals surface area contributed by atoms with Crippen molar-refractivity contribution in [2.24, 2.45) is 0 Å². The average Bonchev–Trinajstić information content (AvgIpc) is 3.43. The van der Waals surface area contributed by atoms with Crippen molar-refractivity contribution in [1.29, 1.82) is 0 Å². The number of rotatable bonds is 5. The van der Waals surface area contributed by atoms with Gasteiger partial charge in [-0.1, -0.05) is 24.3 Å². The standard InChI is InChI=1S/C21H18F3NS2/c1-13-19(12-26-18-10-6-15(7-11-18)14-2-3-14)27-20(25-13)16-4-8-17(9-5-16)21(22,23)24/h4-11,14H,2-3,12H2,1H3. The first-order valence-corrected chi connectivity index (χ1v) is 10.6. The van der Waals surface area contributed by atoms with Crippen LogP contribution in [0.5, 0.6) is 0 Å². The first kappa shape index (κ1) is 18.6. The highest BCUT2D eigenvalue weighted by Crippen LogP contribution is 2.41. The van der Waals surface area contributed by atoms with Crippen molar-refractivity contribution in [1.82, 2.24) is 4.98 Å². The van der Waals surface area contributed by atoms with E-state index < -0.39 is 11.7 Å². The van der Waals surface area contributed by atoms with Crippen LogP contribution >= 0.6 is 23.1 Å². The van der Waals surface area contributed by atoms with E-state index in [-0.39, 0.29) is 0 Å². The van der Waals surface area contributed by atoms with Gasteiger partial charge in [0, 0.05) is 21.1 Å². The summed E-state index contributed by atoms with van der Waals surface area (Å²) in [6.07, 6.45) is -1.70. The van der Waals surface area contributed by atoms with Crippen LogP contribution in [-0.2, 0) is 11.9 Å². The van der Waals surface area contributed by atoms with Crippen molar-refractivity contribution in [2.75, 3.05) is 0 Å². The third-order valence-electron chi connectivity index (χ3n) is 4.65. The number of thiazole rings is 1. The molecule has 0 unspecified atom stereocenters. The van der Waals surface area contributed by atoms with Crippen LogP contribution in [0.3, 0.4) is 0 Å². The Bertz CT molecular complexity index is 924. The lowest BCUT2D eigenvalue weighted by Crippen LogP contribution is -2.03. The summed E-state index contributed by atoms with van der Waals surface area (Å²) < 4.78 is 38.1. The van der Waals surface area contributed by atoms with Gasteiger partial charge in [0.1, 0.15) is 5.01 Å². The molecule has 140 valence electrons. The molecule has 1 heterocycles. The van der Waals surface area contributed by atoms with Gasteiger partial charge in [0.25, 0.3) is 0 Å². The smallest absolute Gasteiger partial charge is 0.241 e. The summed E-state index contributed by atoms with van der Waals surface area (Å²) in [6.45, 7) is 1.95. The molecule has 1 nitrogen and oxygen atoms in total. The first-order valence-electron chi connectivity index (χ1n) is 8.77. The van der Waals surface area contributed by atoms with E-state index in [4.69, 9.17) is 0 Å². The second-order valence-electron chi connectivity index (χ2n) is 6.73. The fraction of sp³-hybridized carbons (Fsp3) is 0.286. The number of benzene rings is 2. The van der Waals surface area contributed by atoms with Crippen molar-refractivity contribution < 1.29 is 13.2 Å². The SMILES string of the molecule is Cc1nc(-c2ccc(C(F)(F)F)cc2)sc1CSc1ccc(C2CC2)cc1. The van der Waals surface area contributed by atoms with Gasteiger partial charge < -0.3 is 0 Å². The molecule has 0 radical (unpaired) electrons. The predicted octanol–water partition coefficient (Wildman–Crippen LogP) is 7.31. The second-order valence-corrected chi connectivity index (χ2v) is 8.87. The Kier molecular flexibility index (Phi) is 5.03. The third kappa shape index (κ3) is 4.38. The fourth-order valence-corrected chi connectivity index (χ4v) is 5.00. The Balaban J connectivity index is 1.44. The number of thioether (sulfide) groups is 1. The zero-order valence-electron chi connectivity index (χ0n) is 14.7. The van der Waals surface area contributed by atoms with E-state index in [1.165, 1.54) is 35.4 Å². The molecule has 6 heteroatoms. The zero-order valence-corrected chi connectivity index (χ0v) is 16.3. The minimum Gasteiger partial charge on any atom is -0.241 e. The summed E-state index contributed by atoms with van der Waals surface area (Å²) >= 11 is 3.31. The fourth-order valence-electron chi connectivity index (χ4n) is 2.89. The predicted molar refractivity (Wildman–Crippen MR) is 105 cm³/mol. The molecule has 0 aliphatic heterocycles. The number of aryl methyl sites for hydroxylation is 1. The second kappa shape index (κ2) is 7.32. The van der Waals surface area contributed by atoms with Crippen LogP contribution < -0.4 is 0 Å². The van der Waals surface area contributed by atoms with Crippen molar-refractivity contribution >= 4 is 23.1 Å². The topological polar surface area (TPSA) is 12.9 Å². The molecule has 1 aliphatic carbocycles. The molecule has 1 aromatic heterocycles. The van der Waals surface area contributed by atoms with Crippen LogP contribution in [0, 0.1) is 6.92 Å². The first-order chi connectivity index (χ1) is 12.9. The van der Waals surface area contributed by atoms with Gasteiger partial charge in [0.15, 0.2) is 0 Å². The van der Waals surface area contributed by atoms with Crippen LogP contribution in [0.2, 0.25) is 0 Å². The van der Waals surface area contributed by atoms with Crippen LogP contribution in [0.15, 0.2) is 53.4 Å². The van der Waals surface area contributed by atoms with E-state index in [2.05, 4.69) is 29.2 Å². The summed E-state index contributed by atoms with van der Waals surface area (Å²) in [5, 5.41) is 0.765. The molecule has 0 amide bonds. The van der Waals surface area contributed by atoms with Gasteiger partial charge in [-0.15, -0.1) is 23.1 Å². The van der Waals surface area contributed by atoms with Crippen LogP contribution in [0.4, 0.5) is 13.2 Å². The molecule has 1 fully saturated rings. The van der Waals surface area contributed by atoms with Gasteiger partial charge in [0.2, 0.25) is 0 Å². The number of aromatic nitrogens is 1. The highest BCUT2D eigenvalue weighted by atomic mass is 32.2. The summed E-state index contributed by atoms with van der Waals surface area (Å²) in [4.78, 5) is 6.93. The Morgan fingerprint density at radius 2 is 1.70 bits per heavy atom. The van der Waals surface area contributed by atoms with Crippen LogP contribution in [0.1, 0.15) is 40.5 Å². The van der Waals surface area contributed by atoms with Crippen LogP contribution in [-0.4, -0.2) is 4.98 Å². The quantitative estimate of drug-likeness (QED) is 0.413. The molecule has 1 saturated carbocycles. The van der Waals surface area contributed by atoms with Gasteiger partial charge in [0.05, 0.1) is 11.3 Å². The molecule has 0 spiro atoms. The largest absolute Gasteiger partial charge is 0.416 e. The Labute approximate surface area is 164 Å². The van der Waals surface area contributed by atoms with Crippen molar-refractivity contribution in [3.8, 4) is 10.6 Å². The summed E-state index contributed by atoms with van der Waals surface area (Å²) in [5.41, 5.74) is 2.46. The van der Waals surface area contributed by atoms with E-state index in [1.54, 1.807) is 23.1 Å². The lowest BCUT2D eigenvalue weighted by Gasteiger charge is -2.06. The summed E-state index contributed by atoms with van der Waals surface area (Å²) in [5.74, 6) is 1.58. The molecule has 4 rings (SSSR count). The molecule has 0 N–H and O–H groups in total. The third-order valence-corrected chi connectivity index (χ3v) is 7.08. The Morgan fingerprint density at radius 3 is 2.30 bits per heavy atom. The van der Waals surface area contributed by atoms with E-state index in [1.807, 2.05) is 6.92 Å². The lowest BCUT2D eigenvalue weighted by molar-refractivity contribution is -0.137. The van der Waals surface area contributed by atoms with E-state index in [0.29, 0.717) is 0 Å². The number of hydrogen-bond acceptors (Lipinski definition) is 3. The van der Waals surface area contributed by atoms with Crippen molar-refractivity contribution in [3.63, 3.8) is 0 Å². The number of halogens is 3. The molecule has 2 aromatic carbocycles. The maximum absolute atomic E-state index is 12.7. The van der Waals surface area contributed by atoms with Gasteiger partial charge in [-0.2, -0.15) is 13.2 Å². The lowest BCUT2D eigenvalue weighted by atomic mass is 10.1. The zero-order chi connectivity index (χ0) is 19.0. The van der Waals surface area contributed by atoms with Gasteiger partial charge >= 0.3 is 6.18 Å². The number of hydrogen-bond donors (Lipinski definition) is 0. The Morgan fingerprint density at radius 1 is 1.04 bits per heavy atom. The molecule has 0 bridgehead atoms. The number of alkyl halides is 3. The van der Waals surface area contributed by atoms with Gasteiger partial charge in [-0.25, -0.2) is 4.98 Å². The highest BCUT2D eigenvalue weighted by molar-refractivity contribution is 7.98. The average molecular weight is 406 g/mol. The minimum absolute atomic E-state index is 0.634. The van der Waals surface area contributed by atoms with E-state index in [9.17, 15) is 13.2 Å². The highest BCUT2D eigenvalue weighted by Gasteiger charge is 2.30. The normalized spacial score (nSPS) is 14.5. The van der Waals surface area contributed by atoms with E-state index >= 15 is 0 Å². The molecular formula is C21H18F3NS2. The van der Waals surface area contributed by atoms with Crippen LogP contribution in [0.25, 0.3) is 10.6 Å². The van der Waals surface area contributed by atoms with Crippen molar-refractivity contribution in [2.45, 2.75) is 42.5 Å². The molecule has 0 atom stereocenters. The van der Waals surface area contributed by atoms with Crippen molar-refractivity contribution in [3.05, 3.63) is 70.2 Å².